The van der Waals surface area contributed by atoms with Gasteiger partial charge in [0.25, 0.3) is 0 Å². The van der Waals surface area contributed by atoms with E-state index in [1.54, 1.807) is 0 Å². The molecular formula is C17H23N3O. The van der Waals surface area contributed by atoms with Crippen LogP contribution in [0, 0.1) is 13.8 Å². The molecule has 21 heavy (non-hydrogen) atoms. The van der Waals surface area contributed by atoms with Crippen molar-refractivity contribution >= 4 is 0 Å². The summed E-state index contributed by atoms with van der Waals surface area (Å²) in [4.78, 5) is 0. The van der Waals surface area contributed by atoms with Gasteiger partial charge in [-0.3, -0.25) is 4.68 Å². The number of para-hydroxylation sites is 1. The van der Waals surface area contributed by atoms with Gasteiger partial charge in [0.2, 0.25) is 0 Å². The van der Waals surface area contributed by atoms with E-state index in [2.05, 4.69) is 50.2 Å². The molecule has 0 bridgehead atoms. The molecular weight excluding hydrogens is 262 g/mol. The van der Waals surface area contributed by atoms with Gasteiger partial charge in [0.1, 0.15) is 11.4 Å². The van der Waals surface area contributed by atoms with Crippen LogP contribution in [-0.4, -0.2) is 15.4 Å². The van der Waals surface area contributed by atoms with Crippen LogP contribution in [0.25, 0.3) is 0 Å². The Bertz CT molecular complexity index is 673. The fraction of sp³-hybridized carbons (Fsp3) is 0.471. The molecule has 1 atom stereocenters. The number of ether oxygens (including phenoxy) is 1. The lowest BCUT2D eigenvalue weighted by Gasteiger charge is -2.27. The summed E-state index contributed by atoms with van der Waals surface area (Å²) >= 11 is 0. The highest BCUT2D eigenvalue weighted by atomic mass is 16.5. The first kappa shape index (κ1) is 14.1. The Labute approximate surface area is 126 Å². The molecule has 1 aromatic heterocycles. The number of rotatable bonds is 3. The van der Waals surface area contributed by atoms with Gasteiger partial charge in [-0.1, -0.05) is 18.2 Å². The van der Waals surface area contributed by atoms with E-state index in [0.29, 0.717) is 0 Å². The van der Waals surface area contributed by atoms with Gasteiger partial charge in [0.15, 0.2) is 0 Å². The molecule has 0 saturated heterocycles. The topological polar surface area (TPSA) is 39.1 Å². The number of fused-ring (bicyclic) bond motifs is 1. The maximum Gasteiger partial charge on any atom is 0.125 e. The van der Waals surface area contributed by atoms with Crippen molar-refractivity contribution < 1.29 is 4.74 Å². The Morgan fingerprint density at radius 1 is 1.29 bits per heavy atom. The second-order valence-electron chi connectivity index (χ2n) is 6.33. The molecule has 0 amide bonds. The standard InChI is InChI=1S/C17H23N3O/c1-11-14(12(2)20(5)19-11)10-18-16-13-8-6-7-9-15(13)21-17(16,3)4/h6-9,16,18H,10H2,1-5H3. The molecule has 0 saturated carbocycles. The fourth-order valence-electron chi connectivity index (χ4n) is 3.16. The van der Waals surface area contributed by atoms with Crippen LogP contribution in [0.5, 0.6) is 5.75 Å². The summed E-state index contributed by atoms with van der Waals surface area (Å²) in [7, 11) is 1.99. The maximum atomic E-state index is 6.08. The molecule has 3 rings (SSSR count). The third kappa shape index (κ3) is 2.33. The number of hydrogen-bond donors (Lipinski definition) is 1. The maximum absolute atomic E-state index is 6.08. The van der Waals surface area contributed by atoms with Gasteiger partial charge in [-0.05, 0) is 33.8 Å². The first-order valence-electron chi connectivity index (χ1n) is 7.40. The normalized spacial score (nSPS) is 19.4. The van der Waals surface area contributed by atoms with Crippen molar-refractivity contribution in [2.75, 3.05) is 0 Å². The van der Waals surface area contributed by atoms with Crippen molar-refractivity contribution in [1.29, 1.82) is 0 Å². The highest BCUT2D eigenvalue weighted by molar-refractivity contribution is 5.42. The highest BCUT2D eigenvalue weighted by Crippen LogP contribution is 2.42. The zero-order chi connectivity index (χ0) is 15.2. The van der Waals surface area contributed by atoms with Gasteiger partial charge in [-0.2, -0.15) is 5.10 Å². The highest BCUT2D eigenvalue weighted by Gasteiger charge is 2.40. The molecule has 1 aliphatic heterocycles. The summed E-state index contributed by atoms with van der Waals surface area (Å²) in [5, 5.41) is 8.14. The molecule has 0 radical (unpaired) electrons. The predicted molar refractivity (Wildman–Crippen MR) is 83.4 cm³/mol. The van der Waals surface area contributed by atoms with E-state index in [1.165, 1.54) is 16.8 Å². The van der Waals surface area contributed by atoms with Crippen molar-refractivity contribution in [3.05, 3.63) is 46.8 Å². The number of benzene rings is 1. The molecule has 4 nitrogen and oxygen atoms in total. The lowest BCUT2D eigenvalue weighted by atomic mass is 9.94. The Morgan fingerprint density at radius 3 is 2.67 bits per heavy atom. The first-order valence-corrected chi connectivity index (χ1v) is 7.40. The van der Waals surface area contributed by atoms with Crippen LogP contribution < -0.4 is 10.1 Å². The second-order valence-corrected chi connectivity index (χ2v) is 6.33. The summed E-state index contributed by atoms with van der Waals surface area (Å²) in [6, 6.07) is 8.46. The summed E-state index contributed by atoms with van der Waals surface area (Å²) in [5.74, 6) is 0.986. The van der Waals surface area contributed by atoms with Gasteiger partial charge in [-0.25, -0.2) is 0 Å². The molecule has 4 heteroatoms. The molecule has 112 valence electrons. The fourth-order valence-corrected chi connectivity index (χ4v) is 3.16. The minimum Gasteiger partial charge on any atom is -0.486 e. The van der Waals surface area contributed by atoms with Crippen molar-refractivity contribution in [2.24, 2.45) is 7.05 Å². The van der Waals surface area contributed by atoms with E-state index < -0.39 is 0 Å². The molecule has 2 heterocycles. The average Bonchev–Trinajstić information content (AvgIpc) is 2.81. The molecule has 0 aliphatic carbocycles. The number of nitrogens with one attached hydrogen (secondary N) is 1. The number of aromatic nitrogens is 2. The molecule has 0 spiro atoms. The molecule has 2 aromatic rings. The van der Waals surface area contributed by atoms with Crippen molar-refractivity contribution in [3.63, 3.8) is 0 Å². The van der Waals surface area contributed by atoms with Gasteiger partial charge in [0.05, 0.1) is 11.7 Å². The minimum atomic E-state index is -0.242. The summed E-state index contributed by atoms with van der Waals surface area (Å²) in [6.07, 6.45) is 0. The van der Waals surface area contributed by atoms with Gasteiger partial charge < -0.3 is 10.1 Å². The zero-order valence-corrected chi connectivity index (χ0v) is 13.4. The SMILES string of the molecule is Cc1nn(C)c(C)c1CNC1c2ccccc2OC1(C)C. The molecule has 0 fully saturated rings. The quantitative estimate of drug-likeness (QED) is 0.942. The van der Waals surface area contributed by atoms with Crippen LogP contribution in [0.2, 0.25) is 0 Å². The summed E-state index contributed by atoms with van der Waals surface area (Å²) in [5.41, 5.74) is 4.57. The third-order valence-corrected chi connectivity index (χ3v) is 4.44. The van der Waals surface area contributed by atoms with E-state index in [1.807, 2.05) is 23.9 Å². The predicted octanol–water partition coefficient (Wildman–Crippen LogP) is 3.04. The van der Waals surface area contributed by atoms with E-state index in [-0.39, 0.29) is 11.6 Å². The Hall–Kier alpha value is -1.81. The van der Waals surface area contributed by atoms with Gasteiger partial charge >= 0.3 is 0 Å². The van der Waals surface area contributed by atoms with E-state index >= 15 is 0 Å². The number of aryl methyl sites for hydroxylation is 2. The van der Waals surface area contributed by atoms with Crippen LogP contribution in [-0.2, 0) is 13.6 Å². The average molecular weight is 285 g/mol. The zero-order valence-electron chi connectivity index (χ0n) is 13.4. The van der Waals surface area contributed by atoms with E-state index in [0.717, 1.165) is 18.0 Å². The van der Waals surface area contributed by atoms with Crippen LogP contribution in [0.15, 0.2) is 24.3 Å². The Morgan fingerprint density at radius 2 is 2.00 bits per heavy atom. The lowest BCUT2D eigenvalue weighted by molar-refractivity contribution is 0.0957. The summed E-state index contributed by atoms with van der Waals surface area (Å²) in [6.45, 7) is 9.24. The molecule has 1 N–H and O–H groups in total. The third-order valence-electron chi connectivity index (χ3n) is 4.44. The largest absolute Gasteiger partial charge is 0.486 e. The van der Waals surface area contributed by atoms with Crippen LogP contribution >= 0.6 is 0 Å². The van der Waals surface area contributed by atoms with Crippen molar-refractivity contribution in [1.82, 2.24) is 15.1 Å². The van der Waals surface area contributed by atoms with Crippen LogP contribution in [0.1, 0.15) is 42.4 Å². The number of nitrogens with zero attached hydrogens (tertiary/aromatic N) is 2. The molecule has 1 aromatic carbocycles. The molecule has 1 unspecified atom stereocenters. The van der Waals surface area contributed by atoms with Gasteiger partial charge in [0, 0.05) is 30.4 Å². The first-order chi connectivity index (χ1) is 9.90. The van der Waals surface area contributed by atoms with E-state index in [4.69, 9.17) is 4.74 Å². The lowest BCUT2D eigenvalue weighted by Crippen LogP contribution is -2.39. The molecule has 1 aliphatic rings. The summed E-state index contributed by atoms with van der Waals surface area (Å²) < 4.78 is 8.02. The second kappa shape index (κ2) is 4.88. The van der Waals surface area contributed by atoms with Crippen LogP contribution in [0.3, 0.4) is 0 Å². The van der Waals surface area contributed by atoms with E-state index in [9.17, 15) is 0 Å². The smallest absolute Gasteiger partial charge is 0.125 e. The van der Waals surface area contributed by atoms with Crippen molar-refractivity contribution in [3.8, 4) is 5.75 Å². The van der Waals surface area contributed by atoms with Crippen molar-refractivity contribution in [2.45, 2.75) is 45.9 Å². The number of hydrogen-bond acceptors (Lipinski definition) is 3. The Balaban J connectivity index is 1.84. The monoisotopic (exact) mass is 285 g/mol. The van der Waals surface area contributed by atoms with Crippen LogP contribution in [0.4, 0.5) is 0 Å². The van der Waals surface area contributed by atoms with Gasteiger partial charge in [-0.15, -0.1) is 0 Å². The minimum absolute atomic E-state index is 0.188. The Kier molecular flexibility index (Phi) is 3.29.